The quantitative estimate of drug-likeness (QED) is 0.550. The number of fused-ring (bicyclic) bond motifs is 1. The van der Waals surface area contributed by atoms with Crippen molar-refractivity contribution in [1.29, 1.82) is 0 Å². The van der Waals surface area contributed by atoms with E-state index < -0.39 is 0 Å². The van der Waals surface area contributed by atoms with Crippen LogP contribution in [0, 0.1) is 0 Å². The minimum atomic E-state index is 0.481. The highest BCUT2D eigenvalue weighted by molar-refractivity contribution is 14.2. The van der Waals surface area contributed by atoms with Crippen molar-refractivity contribution in [3.63, 3.8) is 0 Å². The van der Waals surface area contributed by atoms with Crippen molar-refractivity contribution in [2.24, 2.45) is 0 Å². The number of nitrogens with zero attached hydrogens (tertiary/aromatic N) is 3. The maximum absolute atomic E-state index is 5.90. The summed E-state index contributed by atoms with van der Waals surface area (Å²) in [5.74, 6) is 0. The summed E-state index contributed by atoms with van der Waals surface area (Å²) in [7, 11) is 1.53. The molecule has 0 N–H and O–H groups in total. The van der Waals surface area contributed by atoms with Crippen LogP contribution >= 0.6 is 57.9 Å². The van der Waals surface area contributed by atoms with E-state index in [-0.39, 0.29) is 0 Å². The third-order valence-electron chi connectivity index (χ3n) is 1.53. The van der Waals surface area contributed by atoms with E-state index in [2.05, 4.69) is 47.1 Å². The van der Waals surface area contributed by atoms with Crippen molar-refractivity contribution in [2.75, 3.05) is 0 Å². The average Bonchev–Trinajstić information content (AvgIpc) is 2.43. The Morgan fingerprint density at radius 2 is 2.31 bits per heavy atom. The van der Waals surface area contributed by atoms with E-state index in [0.717, 1.165) is 15.6 Å². The largest absolute Gasteiger partial charge is 0.252 e. The van der Waals surface area contributed by atoms with E-state index in [4.69, 9.17) is 11.6 Å². The smallest absolute Gasteiger partial charge is 0.156 e. The maximum atomic E-state index is 5.90. The van der Waals surface area contributed by atoms with Crippen LogP contribution < -0.4 is 0 Å². The standard InChI is InChI=1S/C6H2BrClIN3S/c7-4-1-3-5(8)10-2-11-6(3)12(4)13-9/h1-2H. The van der Waals surface area contributed by atoms with E-state index in [9.17, 15) is 0 Å². The first kappa shape index (κ1) is 10.0. The van der Waals surface area contributed by atoms with Gasteiger partial charge in [0.15, 0.2) is 5.65 Å². The molecule has 2 aromatic heterocycles. The van der Waals surface area contributed by atoms with Gasteiger partial charge in [0, 0.05) is 30.3 Å². The van der Waals surface area contributed by atoms with E-state index in [1.165, 1.54) is 15.4 Å². The van der Waals surface area contributed by atoms with Crippen LogP contribution in [0.4, 0.5) is 0 Å². The van der Waals surface area contributed by atoms with E-state index in [1.54, 1.807) is 0 Å². The summed E-state index contributed by atoms with van der Waals surface area (Å²) < 4.78 is 2.87. The molecule has 2 heterocycles. The minimum Gasteiger partial charge on any atom is -0.252 e. The topological polar surface area (TPSA) is 30.7 Å². The maximum Gasteiger partial charge on any atom is 0.156 e. The third kappa shape index (κ3) is 1.69. The van der Waals surface area contributed by atoms with Crippen molar-refractivity contribution in [3.8, 4) is 0 Å². The lowest BCUT2D eigenvalue weighted by atomic mass is 10.4. The van der Waals surface area contributed by atoms with Gasteiger partial charge in [-0.1, -0.05) is 11.6 Å². The predicted molar refractivity (Wildman–Crippen MR) is 67.2 cm³/mol. The van der Waals surface area contributed by atoms with Gasteiger partial charge in [0.1, 0.15) is 11.5 Å². The molecule has 0 fully saturated rings. The number of halogens is 3. The normalized spacial score (nSPS) is 11.0. The zero-order valence-corrected chi connectivity index (χ0v) is 11.4. The summed E-state index contributed by atoms with van der Waals surface area (Å²) in [6.45, 7) is 0. The number of hydrogen-bond donors (Lipinski definition) is 0. The van der Waals surface area contributed by atoms with E-state index in [1.807, 2.05) is 10.0 Å². The Labute approximate surface area is 104 Å². The second kappa shape index (κ2) is 3.92. The molecule has 0 bridgehead atoms. The molecule has 13 heavy (non-hydrogen) atoms. The molecular weight excluding hydrogens is 388 g/mol. The number of rotatable bonds is 1. The SMILES string of the molecule is Clc1ncnc2c1cc(Br)n2SI. The fourth-order valence-corrected chi connectivity index (χ4v) is 4.13. The summed E-state index contributed by atoms with van der Waals surface area (Å²) >= 11 is 11.5. The second-order valence-electron chi connectivity index (χ2n) is 2.23. The van der Waals surface area contributed by atoms with Crippen LogP contribution in [-0.2, 0) is 0 Å². The van der Waals surface area contributed by atoms with E-state index >= 15 is 0 Å². The lowest BCUT2D eigenvalue weighted by Gasteiger charge is -1.97. The molecule has 0 unspecified atom stereocenters. The van der Waals surface area contributed by atoms with Gasteiger partial charge in [0.2, 0.25) is 0 Å². The average molecular weight is 390 g/mol. The molecule has 7 heteroatoms. The summed E-state index contributed by atoms with van der Waals surface area (Å²) in [5, 5.41) is 1.34. The first-order chi connectivity index (χ1) is 6.24. The monoisotopic (exact) mass is 389 g/mol. The van der Waals surface area contributed by atoms with Crippen LogP contribution in [0.3, 0.4) is 0 Å². The fraction of sp³-hybridized carbons (Fsp3) is 0. The Kier molecular flexibility index (Phi) is 3.01. The lowest BCUT2D eigenvalue weighted by Crippen LogP contribution is -1.86. The predicted octanol–water partition coefficient (Wildman–Crippen LogP) is 3.69. The number of hydrogen-bond acceptors (Lipinski definition) is 3. The molecule has 0 amide bonds. The molecule has 2 aromatic rings. The van der Waals surface area contributed by atoms with Crippen LogP contribution in [0.15, 0.2) is 17.0 Å². The van der Waals surface area contributed by atoms with Gasteiger partial charge in [-0.15, -0.1) is 0 Å². The van der Waals surface area contributed by atoms with Gasteiger partial charge in [0.25, 0.3) is 0 Å². The second-order valence-corrected chi connectivity index (χ2v) is 5.09. The Bertz CT molecular complexity index is 460. The first-order valence-corrected chi connectivity index (χ1v) is 7.69. The van der Waals surface area contributed by atoms with Crippen LogP contribution in [0.1, 0.15) is 0 Å². The zero-order chi connectivity index (χ0) is 9.42. The highest BCUT2D eigenvalue weighted by Gasteiger charge is 2.10. The van der Waals surface area contributed by atoms with Gasteiger partial charge in [-0.05, 0) is 22.0 Å². The van der Waals surface area contributed by atoms with Gasteiger partial charge in [-0.2, -0.15) is 0 Å². The molecule has 0 aliphatic carbocycles. The lowest BCUT2D eigenvalue weighted by molar-refractivity contribution is 1.17. The summed E-state index contributed by atoms with van der Waals surface area (Å²) in [5.41, 5.74) is 0.825. The van der Waals surface area contributed by atoms with Crippen LogP contribution in [0.2, 0.25) is 5.15 Å². The Morgan fingerprint density at radius 3 is 3.00 bits per heavy atom. The van der Waals surface area contributed by atoms with Gasteiger partial charge >= 0.3 is 0 Å². The molecule has 3 nitrogen and oxygen atoms in total. The number of aromatic nitrogens is 3. The Balaban J connectivity index is 2.86. The van der Waals surface area contributed by atoms with Gasteiger partial charge < -0.3 is 0 Å². The molecule has 2 rings (SSSR count). The summed E-state index contributed by atoms with van der Waals surface area (Å²) in [6, 6.07) is 1.91. The molecule has 0 atom stereocenters. The molecule has 0 aliphatic rings. The van der Waals surface area contributed by atoms with Crippen molar-refractivity contribution < 1.29 is 0 Å². The van der Waals surface area contributed by atoms with Crippen molar-refractivity contribution in [3.05, 3.63) is 22.1 Å². The third-order valence-corrected chi connectivity index (χ3v) is 4.34. The van der Waals surface area contributed by atoms with E-state index in [0.29, 0.717) is 5.15 Å². The Morgan fingerprint density at radius 1 is 1.54 bits per heavy atom. The zero-order valence-electron chi connectivity index (χ0n) is 6.04. The van der Waals surface area contributed by atoms with Gasteiger partial charge in [-0.3, -0.25) is 3.97 Å². The molecular formula is C6H2BrClIN3S. The molecule has 68 valence electrons. The Hall–Kier alpha value is 0.470. The molecule has 0 saturated heterocycles. The van der Waals surface area contributed by atoms with Crippen molar-refractivity contribution in [1.82, 2.24) is 13.9 Å². The van der Waals surface area contributed by atoms with Gasteiger partial charge in [0.05, 0.1) is 9.99 Å². The molecule has 0 aliphatic heterocycles. The highest BCUT2D eigenvalue weighted by atomic mass is 127. The first-order valence-electron chi connectivity index (χ1n) is 3.20. The van der Waals surface area contributed by atoms with Crippen LogP contribution in [0.25, 0.3) is 11.0 Å². The summed E-state index contributed by atoms with van der Waals surface area (Å²) in [4.78, 5) is 8.05. The molecule has 0 aromatic carbocycles. The molecule has 0 saturated carbocycles. The van der Waals surface area contributed by atoms with Crippen molar-refractivity contribution >= 4 is 68.9 Å². The summed E-state index contributed by atoms with van der Waals surface area (Å²) in [6.07, 6.45) is 1.46. The van der Waals surface area contributed by atoms with Crippen LogP contribution in [0.5, 0.6) is 0 Å². The van der Waals surface area contributed by atoms with Gasteiger partial charge in [-0.25, -0.2) is 9.97 Å². The fourth-order valence-electron chi connectivity index (χ4n) is 0.996. The minimum absolute atomic E-state index is 0.481. The molecule has 0 radical (unpaired) electrons. The molecule has 0 spiro atoms. The highest BCUT2D eigenvalue weighted by Crippen LogP contribution is 2.32. The van der Waals surface area contributed by atoms with Crippen molar-refractivity contribution in [2.45, 2.75) is 0 Å². The van der Waals surface area contributed by atoms with Crippen LogP contribution in [-0.4, -0.2) is 13.9 Å².